The number of hydrogen-bond acceptors (Lipinski definition) is 11. The van der Waals surface area contributed by atoms with Crippen LogP contribution in [0.3, 0.4) is 0 Å². The van der Waals surface area contributed by atoms with Crippen molar-refractivity contribution in [2.75, 3.05) is 42.9 Å². The summed E-state index contributed by atoms with van der Waals surface area (Å²) in [4.78, 5) is 1.47. The topological polar surface area (TPSA) is 168 Å². The Morgan fingerprint density at radius 1 is 0.880 bits per heavy atom. The normalized spacial score (nSPS) is 12.0. The fourth-order valence-corrected chi connectivity index (χ4v) is 8.30. The molecule has 2 aliphatic rings. The summed E-state index contributed by atoms with van der Waals surface area (Å²) < 4.78 is 82.2. The first-order chi connectivity index (χ1) is 23.9. The molecule has 1 heterocycles. The summed E-state index contributed by atoms with van der Waals surface area (Å²) in [6, 6.07) is 19.6. The Balaban J connectivity index is 1.74. The fraction of sp³-hybridized carbons (Fsp3) is 0.265. The van der Waals surface area contributed by atoms with Crippen molar-refractivity contribution in [3.05, 3.63) is 78.2 Å². The molecule has 0 unspecified atom stereocenters. The van der Waals surface area contributed by atoms with E-state index < -0.39 is 30.7 Å². The molecule has 0 amide bonds. The molecule has 3 N–H and O–H groups in total. The Morgan fingerprint density at radius 3 is 2.24 bits per heavy atom. The molecule has 1 aliphatic carbocycles. The van der Waals surface area contributed by atoms with Crippen LogP contribution in [0.25, 0.3) is 33.4 Å². The van der Waals surface area contributed by atoms with Gasteiger partial charge in [-0.1, -0.05) is 11.1 Å². The average molecular weight is 745 g/mol. The van der Waals surface area contributed by atoms with Gasteiger partial charge in [-0.3, -0.25) is 9.27 Å². The summed E-state index contributed by atoms with van der Waals surface area (Å²) in [5.74, 6) is 0.687. The van der Waals surface area contributed by atoms with Crippen molar-refractivity contribution in [3.63, 3.8) is 0 Å². The second-order valence-corrected chi connectivity index (χ2v) is 14.8. The van der Waals surface area contributed by atoms with Crippen LogP contribution in [0.5, 0.6) is 5.75 Å². The third kappa shape index (κ3) is 7.61. The van der Waals surface area contributed by atoms with Gasteiger partial charge in [0.2, 0.25) is 5.36 Å². The number of hydrogen-bond donors (Lipinski definition) is 3. The number of benzene rings is 4. The molecule has 0 atom stereocenters. The zero-order valence-corrected chi connectivity index (χ0v) is 30.5. The largest absolute Gasteiger partial charge is 0.497 e. The molecule has 266 valence electrons. The summed E-state index contributed by atoms with van der Waals surface area (Å²) in [5, 5.41) is 14.7. The van der Waals surface area contributed by atoms with E-state index in [9.17, 15) is 21.4 Å². The van der Waals surface area contributed by atoms with Crippen LogP contribution in [0.4, 0.5) is 11.4 Å². The van der Waals surface area contributed by atoms with Crippen molar-refractivity contribution in [2.24, 2.45) is 0 Å². The van der Waals surface area contributed by atoms with E-state index in [1.807, 2.05) is 36.4 Å². The van der Waals surface area contributed by atoms with E-state index in [0.717, 1.165) is 60.3 Å². The van der Waals surface area contributed by atoms with E-state index in [0.29, 0.717) is 34.5 Å². The zero-order valence-electron chi connectivity index (χ0n) is 28.0. The average Bonchev–Trinajstić information content (AvgIpc) is 3.10. The Morgan fingerprint density at radius 2 is 1.60 bits per heavy atom. The molecule has 1 aliphatic heterocycles. The van der Waals surface area contributed by atoms with E-state index in [1.165, 1.54) is 25.3 Å². The van der Waals surface area contributed by atoms with Gasteiger partial charge in [-0.2, -0.15) is 8.42 Å². The van der Waals surface area contributed by atoms with Gasteiger partial charge in [-0.05, 0) is 75.7 Å². The molecule has 0 aromatic heterocycles. The summed E-state index contributed by atoms with van der Waals surface area (Å²) in [6.07, 6.45) is 0. The molecule has 0 radical (unpaired) electrons. The Labute approximate surface area is 294 Å². The summed E-state index contributed by atoms with van der Waals surface area (Å²) in [7, 11) is -8.00. The summed E-state index contributed by atoms with van der Waals surface area (Å²) in [6.45, 7) is 11.5. The van der Waals surface area contributed by atoms with Crippen LogP contribution in [-0.4, -0.2) is 59.9 Å². The van der Waals surface area contributed by atoms with Gasteiger partial charge in [0.05, 0.1) is 35.8 Å². The predicted octanol–water partition coefficient (Wildman–Crippen LogP) is 6.35. The lowest BCUT2D eigenvalue weighted by molar-refractivity contribution is -0.432. The number of methoxy groups -OCH3 is 1. The van der Waals surface area contributed by atoms with Crippen LogP contribution in [0.2, 0.25) is 0 Å². The van der Waals surface area contributed by atoms with Crippen LogP contribution in [0.1, 0.15) is 27.7 Å². The first-order valence-corrected chi connectivity index (χ1v) is 19.4. The smallest absolute Gasteiger partial charge is 0.296 e. The predicted molar refractivity (Wildman–Crippen MR) is 192 cm³/mol. The molecule has 13 nitrogen and oxygen atoms in total. The lowest BCUT2D eigenvalue weighted by Crippen LogP contribution is -2.29. The van der Waals surface area contributed by atoms with Crippen LogP contribution in [-0.2, 0) is 29.5 Å². The molecular formula is C34H38N3O10S3+. The number of sulfonamides is 1. The number of anilines is 2. The van der Waals surface area contributed by atoms with Crippen molar-refractivity contribution in [2.45, 2.75) is 42.4 Å². The van der Waals surface area contributed by atoms with Gasteiger partial charge in [0.1, 0.15) is 35.1 Å². The maximum Gasteiger partial charge on any atom is 0.296 e. The standard InChI is InChI=1S/C34H37N3O10S3/c1-6-36(7-2)22-10-14-26-30(18-22)45-31-19-23(37(8-3)9-4)11-15-27(31)34(26)28-16-13-25(21-32(28)48-47-46-38)49(39,40)35-29-17-12-24(44-5)20-33(29)50(41,42)43/h10-21,35H,6-9H2,1-5H3,(H-,38,41,42,43)/p+1. The van der Waals surface area contributed by atoms with Crippen LogP contribution >= 0.6 is 12.0 Å². The van der Waals surface area contributed by atoms with E-state index in [4.69, 9.17) is 18.7 Å². The van der Waals surface area contributed by atoms with Crippen molar-refractivity contribution in [1.82, 2.24) is 4.58 Å². The number of fused-ring (bicyclic) bond motifs is 2. The summed E-state index contributed by atoms with van der Waals surface area (Å²) >= 11 is 0.575. The zero-order chi connectivity index (χ0) is 36.2. The lowest BCUT2D eigenvalue weighted by Gasteiger charge is -2.23. The van der Waals surface area contributed by atoms with E-state index in [1.54, 1.807) is 6.07 Å². The molecule has 0 saturated carbocycles. The Kier molecular flexibility index (Phi) is 11.4. The van der Waals surface area contributed by atoms with Crippen molar-refractivity contribution in [3.8, 4) is 28.2 Å². The number of nitrogens with one attached hydrogen (secondary N) is 1. The van der Waals surface area contributed by atoms with Gasteiger partial charge in [-0.25, -0.2) is 18.3 Å². The van der Waals surface area contributed by atoms with Gasteiger partial charge < -0.3 is 14.1 Å². The molecule has 5 rings (SSSR count). The first-order valence-electron chi connectivity index (χ1n) is 15.7. The highest BCUT2D eigenvalue weighted by molar-refractivity contribution is 7.95. The van der Waals surface area contributed by atoms with E-state index >= 15 is 0 Å². The Hall–Kier alpha value is -4.16. The van der Waals surface area contributed by atoms with Crippen LogP contribution < -0.4 is 24.3 Å². The minimum Gasteiger partial charge on any atom is -0.497 e. The van der Waals surface area contributed by atoms with Crippen LogP contribution in [0.15, 0.2) is 91.9 Å². The maximum atomic E-state index is 13.7. The van der Waals surface area contributed by atoms with Crippen LogP contribution in [0, 0.1) is 0 Å². The minimum absolute atomic E-state index is 0.0900. The third-order valence-corrected chi connectivity index (χ3v) is 11.2. The van der Waals surface area contributed by atoms with Gasteiger partial charge in [0.25, 0.3) is 20.1 Å². The molecular weight excluding hydrogens is 707 g/mol. The van der Waals surface area contributed by atoms with Gasteiger partial charge in [0, 0.05) is 58.4 Å². The van der Waals surface area contributed by atoms with Gasteiger partial charge >= 0.3 is 0 Å². The van der Waals surface area contributed by atoms with E-state index in [-0.39, 0.29) is 15.5 Å². The molecule has 0 saturated heterocycles. The molecule has 3 aromatic rings. The second-order valence-electron chi connectivity index (χ2n) is 11.0. The molecule has 0 spiro atoms. The monoisotopic (exact) mass is 744 g/mol. The Bertz CT molecular complexity index is 2280. The lowest BCUT2D eigenvalue weighted by atomic mass is 9.93. The third-order valence-electron chi connectivity index (χ3n) is 8.34. The molecule has 3 aromatic carbocycles. The number of nitrogens with zero attached hydrogens (tertiary/aromatic N) is 2. The summed E-state index contributed by atoms with van der Waals surface area (Å²) in [5.41, 5.74) is 3.16. The quantitative estimate of drug-likeness (QED) is 0.0288. The first kappa shape index (κ1) is 37.1. The highest BCUT2D eigenvalue weighted by atomic mass is 32.2. The van der Waals surface area contributed by atoms with Gasteiger partial charge in [-0.15, -0.1) is 4.33 Å². The second kappa shape index (κ2) is 15.4. The minimum atomic E-state index is -4.84. The molecule has 0 bridgehead atoms. The highest BCUT2D eigenvalue weighted by Crippen LogP contribution is 2.45. The maximum absolute atomic E-state index is 13.7. The molecule has 0 fully saturated rings. The van der Waals surface area contributed by atoms with Gasteiger partial charge in [0.15, 0.2) is 0 Å². The number of ether oxygens (including phenoxy) is 1. The molecule has 50 heavy (non-hydrogen) atoms. The van der Waals surface area contributed by atoms with Crippen molar-refractivity contribution >= 4 is 54.5 Å². The number of rotatable bonds is 14. The van der Waals surface area contributed by atoms with Crippen molar-refractivity contribution in [1.29, 1.82) is 0 Å². The van der Waals surface area contributed by atoms with Crippen molar-refractivity contribution < 1.29 is 45.2 Å². The SMILES string of the molecule is CCN(CC)c1ccc2c(-c3ccc(S(=O)(=O)Nc4ccc(OC)cc4S(=O)(=O)O)cc3SOOO)c3ccc(=[N+](CC)CC)cc-3oc2c1. The molecule has 16 heteroatoms. The van der Waals surface area contributed by atoms with E-state index in [2.05, 4.69) is 46.9 Å². The highest BCUT2D eigenvalue weighted by Gasteiger charge is 2.26. The fourth-order valence-electron chi connectivity index (χ4n) is 5.86.